The Morgan fingerprint density at radius 3 is 2.73 bits per heavy atom. The molecular formula is C19H28N6O. The summed E-state index contributed by atoms with van der Waals surface area (Å²) in [5, 5.41) is 14.8. The van der Waals surface area contributed by atoms with E-state index in [9.17, 15) is 4.79 Å². The predicted molar refractivity (Wildman–Crippen MR) is 100 cm³/mol. The highest BCUT2D eigenvalue weighted by molar-refractivity contribution is 5.88. The number of hydrogen-bond acceptors (Lipinski definition) is 3. The van der Waals surface area contributed by atoms with Crippen LogP contribution in [0.5, 0.6) is 0 Å². The molecule has 7 nitrogen and oxygen atoms in total. The van der Waals surface area contributed by atoms with Crippen molar-refractivity contribution >= 4 is 11.8 Å². The van der Waals surface area contributed by atoms with Gasteiger partial charge in [0, 0.05) is 18.8 Å². The topological polar surface area (TPSA) is 76.8 Å². The zero-order valence-electron chi connectivity index (χ0n) is 15.7. The van der Waals surface area contributed by atoms with Gasteiger partial charge in [-0.3, -0.25) is 14.7 Å². The minimum atomic E-state index is -0.218. The van der Waals surface area contributed by atoms with Gasteiger partial charge < -0.3 is 5.32 Å². The van der Waals surface area contributed by atoms with Crippen LogP contribution in [0.15, 0.2) is 12.4 Å². The minimum Gasteiger partial charge on any atom is -0.332 e. The highest BCUT2D eigenvalue weighted by Gasteiger charge is 2.28. The second kappa shape index (κ2) is 7.13. The lowest BCUT2D eigenvalue weighted by Crippen LogP contribution is -2.30. The Hall–Kier alpha value is -2.31. The molecule has 2 N–H and O–H groups in total. The fourth-order valence-corrected chi connectivity index (χ4v) is 3.89. The molecule has 2 aromatic rings. The summed E-state index contributed by atoms with van der Waals surface area (Å²) in [4.78, 5) is 12.4. The van der Waals surface area contributed by atoms with Gasteiger partial charge in [-0.05, 0) is 44.1 Å². The number of carbonyl (C=O) groups is 1. The van der Waals surface area contributed by atoms with Crippen molar-refractivity contribution in [3.63, 3.8) is 0 Å². The summed E-state index contributed by atoms with van der Waals surface area (Å²) < 4.78 is 3.90. The summed E-state index contributed by atoms with van der Waals surface area (Å²) in [6.07, 6.45) is 12.6. The molecule has 0 unspecified atom stereocenters. The number of carbonyl (C=O) groups excluding carboxylic acids is 1. The van der Waals surface area contributed by atoms with Crippen LogP contribution >= 0.6 is 0 Å². The Morgan fingerprint density at radius 2 is 2.00 bits per heavy atom. The lowest BCUT2D eigenvalue weighted by atomic mass is 9.96. The summed E-state index contributed by atoms with van der Waals surface area (Å²) in [6.45, 7) is 2.48. The van der Waals surface area contributed by atoms with Gasteiger partial charge in [0.2, 0.25) is 0 Å². The average Bonchev–Trinajstić information content (AvgIpc) is 3.33. The highest BCUT2D eigenvalue weighted by Crippen LogP contribution is 2.41. The molecule has 2 heterocycles. The largest absolute Gasteiger partial charge is 0.332 e. The van der Waals surface area contributed by atoms with Crippen molar-refractivity contribution in [3.05, 3.63) is 29.2 Å². The lowest BCUT2D eigenvalue weighted by Gasteiger charge is -2.21. The summed E-state index contributed by atoms with van der Waals surface area (Å²) in [6, 6.07) is 0.251. The van der Waals surface area contributed by atoms with Crippen molar-refractivity contribution in [1.29, 1.82) is 0 Å². The van der Waals surface area contributed by atoms with Crippen molar-refractivity contribution < 1.29 is 4.79 Å². The second-order valence-electron chi connectivity index (χ2n) is 7.68. The van der Waals surface area contributed by atoms with E-state index in [1.54, 1.807) is 0 Å². The van der Waals surface area contributed by atoms with Crippen LogP contribution in [0, 0.1) is 6.92 Å². The van der Waals surface area contributed by atoms with Crippen LogP contribution < -0.4 is 10.6 Å². The van der Waals surface area contributed by atoms with E-state index >= 15 is 0 Å². The molecule has 0 bridgehead atoms. The monoisotopic (exact) mass is 356 g/mol. The highest BCUT2D eigenvalue weighted by atomic mass is 16.2. The molecular weight excluding hydrogens is 328 g/mol. The number of anilines is 1. The first kappa shape index (κ1) is 17.1. The Morgan fingerprint density at radius 1 is 1.23 bits per heavy atom. The maximum atomic E-state index is 12.4. The van der Waals surface area contributed by atoms with E-state index in [1.807, 2.05) is 29.5 Å². The molecule has 4 rings (SSSR count). The first-order valence-electron chi connectivity index (χ1n) is 9.73. The molecule has 140 valence electrons. The van der Waals surface area contributed by atoms with Crippen LogP contribution in [-0.2, 0) is 13.6 Å². The van der Waals surface area contributed by atoms with Gasteiger partial charge in [0.1, 0.15) is 0 Å². The van der Waals surface area contributed by atoms with Gasteiger partial charge in [-0.1, -0.05) is 19.3 Å². The van der Waals surface area contributed by atoms with Crippen LogP contribution in [0.3, 0.4) is 0 Å². The van der Waals surface area contributed by atoms with Crippen LogP contribution in [0.1, 0.15) is 73.7 Å². The van der Waals surface area contributed by atoms with E-state index in [4.69, 9.17) is 0 Å². The number of aromatic nitrogens is 4. The van der Waals surface area contributed by atoms with E-state index in [2.05, 4.69) is 27.0 Å². The first-order valence-corrected chi connectivity index (χ1v) is 9.73. The molecule has 2 aliphatic rings. The third-order valence-corrected chi connectivity index (χ3v) is 5.62. The van der Waals surface area contributed by atoms with Gasteiger partial charge in [0.25, 0.3) is 0 Å². The molecule has 0 aromatic carbocycles. The Labute approximate surface area is 154 Å². The SMILES string of the molecule is Cc1cn(C2CCCCC2)nc1NC(=O)NCc1c(C2CC2)cnn1C. The first-order chi connectivity index (χ1) is 12.6. The van der Waals surface area contributed by atoms with E-state index in [-0.39, 0.29) is 6.03 Å². The van der Waals surface area contributed by atoms with Gasteiger partial charge in [-0.2, -0.15) is 10.2 Å². The molecule has 7 heteroatoms. The van der Waals surface area contributed by atoms with Crippen LogP contribution in [0.25, 0.3) is 0 Å². The number of aryl methyl sites for hydroxylation is 2. The zero-order valence-corrected chi connectivity index (χ0v) is 15.7. The van der Waals surface area contributed by atoms with Crippen molar-refractivity contribution in [2.45, 2.75) is 70.4 Å². The number of urea groups is 1. The predicted octanol–water partition coefficient (Wildman–Crippen LogP) is 3.63. The standard InChI is InChI=1S/C19H28N6O/c1-13-12-25(15-6-4-3-5-7-15)23-18(13)22-19(26)20-11-17-16(14-8-9-14)10-21-24(17)2/h10,12,14-15H,3-9,11H2,1-2H3,(H2,20,22,23,26). The molecule has 2 aliphatic carbocycles. The van der Waals surface area contributed by atoms with Crippen LogP contribution in [-0.4, -0.2) is 25.6 Å². The third kappa shape index (κ3) is 3.61. The number of nitrogens with zero attached hydrogens (tertiary/aromatic N) is 4. The maximum Gasteiger partial charge on any atom is 0.320 e. The second-order valence-corrected chi connectivity index (χ2v) is 7.68. The quantitative estimate of drug-likeness (QED) is 0.859. The number of hydrogen-bond donors (Lipinski definition) is 2. The molecule has 0 saturated heterocycles. The van der Waals surface area contributed by atoms with E-state index in [0.717, 1.165) is 11.3 Å². The Balaban J connectivity index is 1.36. The van der Waals surface area contributed by atoms with Crippen molar-refractivity contribution in [2.75, 3.05) is 5.32 Å². The molecule has 2 amide bonds. The van der Waals surface area contributed by atoms with Crippen LogP contribution in [0.2, 0.25) is 0 Å². The lowest BCUT2D eigenvalue weighted by molar-refractivity contribution is 0.251. The van der Waals surface area contributed by atoms with E-state index < -0.39 is 0 Å². The van der Waals surface area contributed by atoms with E-state index in [0.29, 0.717) is 24.3 Å². The Bertz CT molecular complexity index is 782. The molecule has 0 radical (unpaired) electrons. The number of rotatable bonds is 5. The zero-order chi connectivity index (χ0) is 18.1. The third-order valence-electron chi connectivity index (χ3n) is 5.62. The smallest absolute Gasteiger partial charge is 0.320 e. The molecule has 0 aliphatic heterocycles. The Kier molecular flexibility index (Phi) is 4.70. The minimum absolute atomic E-state index is 0.218. The maximum absolute atomic E-state index is 12.4. The molecule has 26 heavy (non-hydrogen) atoms. The molecule has 2 fully saturated rings. The average molecular weight is 356 g/mol. The number of amides is 2. The van der Waals surface area contributed by atoms with Gasteiger partial charge in [-0.15, -0.1) is 0 Å². The summed E-state index contributed by atoms with van der Waals surface area (Å²) in [5.41, 5.74) is 3.36. The fraction of sp³-hybridized carbons (Fsp3) is 0.632. The summed E-state index contributed by atoms with van der Waals surface area (Å²) >= 11 is 0. The normalized spacial score (nSPS) is 18.1. The molecule has 0 atom stereocenters. The van der Waals surface area contributed by atoms with Crippen LogP contribution in [0.4, 0.5) is 10.6 Å². The molecule has 2 saturated carbocycles. The van der Waals surface area contributed by atoms with Gasteiger partial charge in [-0.25, -0.2) is 4.79 Å². The van der Waals surface area contributed by atoms with Gasteiger partial charge in [0.15, 0.2) is 5.82 Å². The molecule has 0 spiro atoms. The summed E-state index contributed by atoms with van der Waals surface area (Å²) in [7, 11) is 1.93. The number of nitrogens with one attached hydrogen (secondary N) is 2. The van der Waals surface area contributed by atoms with Crippen molar-refractivity contribution in [3.8, 4) is 0 Å². The van der Waals surface area contributed by atoms with E-state index in [1.165, 1.54) is 50.5 Å². The van der Waals surface area contributed by atoms with Gasteiger partial charge in [0.05, 0.1) is 24.5 Å². The van der Waals surface area contributed by atoms with Crippen molar-refractivity contribution in [1.82, 2.24) is 24.9 Å². The fourth-order valence-electron chi connectivity index (χ4n) is 3.89. The van der Waals surface area contributed by atoms with Crippen molar-refractivity contribution in [2.24, 2.45) is 7.05 Å². The van der Waals surface area contributed by atoms with Gasteiger partial charge >= 0.3 is 6.03 Å². The molecule has 2 aromatic heterocycles. The summed E-state index contributed by atoms with van der Waals surface area (Å²) in [5.74, 6) is 1.28.